The molecule has 0 aromatic heterocycles. The lowest BCUT2D eigenvalue weighted by molar-refractivity contribution is -0.191. The predicted molar refractivity (Wildman–Crippen MR) is 73.5 cm³/mol. The minimum Gasteiger partial charge on any atom is -0.480 e. The van der Waals surface area contributed by atoms with Gasteiger partial charge in [0, 0.05) is 6.54 Å². The Bertz CT molecular complexity index is 562. The molecule has 1 heterocycles. The molecule has 0 aliphatic carbocycles. The summed E-state index contributed by atoms with van der Waals surface area (Å²) < 4.78 is 43.3. The molecule has 1 aliphatic heterocycles. The highest BCUT2D eigenvalue weighted by Gasteiger charge is 2.47. The van der Waals surface area contributed by atoms with Crippen LogP contribution in [0.15, 0.2) is 30.3 Å². The van der Waals surface area contributed by atoms with Gasteiger partial charge in [0.2, 0.25) is 0 Å². The topological polar surface area (TPSA) is 66.8 Å². The van der Waals surface area contributed by atoms with Gasteiger partial charge in [0.1, 0.15) is 12.6 Å². The third-order valence-corrected chi connectivity index (χ3v) is 3.79. The number of aliphatic carboxylic acids is 1. The fraction of sp³-hybridized carbons (Fsp3) is 0.467. The van der Waals surface area contributed by atoms with E-state index in [9.17, 15) is 22.8 Å². The second-order valence-corrected chi connectivity index (χ2v) is 5.35. The number of alkyl halides is 3. The van der Waals surface area contributed by atoms with Crippen molar-refractivity contribution in [2.24, 2.45) is 5.92 Å². The summed E-state index contributed by atoms with van der Waals surface area (Å²) in [6.07, 6.45) is -6.36. The summed E-state index contributed by atoms with van der Waals surface area (Å²) in [5, 5.41) is 9.11. The van der Waals surface area contributed by atoms with Gasteiger partial charge in [-0.25, -0.2) is 9.59 Å². The van der Waals surface area contributed by atoms with Gasteiger partial charge < -0.3 is 9.84 Å². The zero-order valence-corrected chi connectivity index (χ0v) is 12.1. The summed E-state index contributed by atoms with van der Waals surface area (Å²) in [5.74, 6) is -3.18. The summed E-state index contributed by atoms with van der Waals surface area (Å²) in [6.45, 7) is -0.361. The van der Waals surface area contributed by atoms with E-state index < -0.39 is 36.6 Å². The first-order valence-electron chi connectivity index (χ1n) is 7.06. The van der Waals surface area contributed by atoms with Crippen molar-refractivity contribution in [1.82, 2.24) is 4.90 Å². The molecule has 1 aromatic carbocycles. The Balaban J connectivity index is 2.00. The third kappa shape index (κ3) is 4.37. The normalized spacial score (nSPS) is 21.8. The Hall–Kier alpha value is -2.25. The summed E-state index contributed by atoms with van der Waals surface area (Å²) in [7, 11) is 0. The number of piperidine rings is 1. The summed E-state index contributed by atoms with van der Waals surface area (Å²) in [6, 6.07) is 7.19. The van der Waals surface area contributed by atoms with Crippen LogP contribution in [0.5, 0.6) is 0 Å². The predicted octanol–water partition coefficient (Wildman–Crippen LogP) is 3.05. The first kappa shape index (κ1) is 17.1. The van der Waals surface area contributed by atoms with Gasteiger partial charge in [-0.05, 0) is 18.4 Å². The van der Waals surface area contributed by atoms with Crippen molar-refractivity contribution < 1.29 is 32.6 Å². The number of benzene rings is 1. The third-order valence-electron chi connectivity index (χ3n) is 3.79. The molecule has 1 amide bonds. The Labute approximate surface area is 130 Å². The highest BCUT2D eigenvalue weighted by Crippen LogP contribution is 2.36. The second-order valence-electron chi connectivity index (χ2n) is 5.35. The van der Waals surface area contributed by atoms with E-state index >= 15 is 0 Å². The molecule has 1 fully saturated rings. The number of ether oxygens (including phenoxy) is 1. The molecule has 0 spiro atoms. The fourth-order valence-corrected chi connectivity index (χ4v) is 2.52. The molecule has 5 nitrogen and oxygen atoms in total. The highest BCUT2D eigenvalue weighted by atomic mass is 19.4. The molecule has 1 saturated heterocycles. The van der Waals surface area contributed by atoms with Crippen LogP contribution in [0, 0.1) is 5.92 Å². The van der Waals surface area contributed by atoms with Crippen molar-refractivity contribution in [3.05, 3.63) is 35.9 Å². The first-order chi connectivity index (χ1) is 10.8. The number of halogens is 3. The van der Waals surface area contributed by atoms with E-state index in [0.29, 0.717) is 5.56 Å². The average molecular weight is 331 g/mol. The minimum atomic E-state index is -4.46. The molecular weight excluding hydrogens is 315 g/mol. The van der Waals surface area contributed by atoms with Crippen molar-refractivity contribution in [2.75, 3.05) is 6.54 Å². The van der Waals surface area contributed by atoms with Crippen molar-refractivity contribution in [1.29, 1.82) is 0 Å². The maximum absolute atomic E-state index is 12.7. The van der Waals surface area contributed by atoms with Crippen LogP contribution in [0.25, 0.3) is 0 Å². The van der Waals surface area contributed by atoms with Gasteiger partial charge in [0.25, 0.3) is 0 Å². The van der Waals surface area contributed by atoms with Crippen molar-refractivity contribution in [3.63, 3.8) is 0 Å². The number of hydrogen-bond donors (Lipinski definition) is 1. The van der Waals surface area contributed by atoms with Gasteiger partial charge in [-0.2, -0.15) is 13.2 Å². The van der Waals surface area contributed by atoms with Crippen molar-refractivity contribution >= 4 is 12.1 Å². The number of carbonyl (C=O) groups is 2. The Kier molecular flexibility index (Phi) is 5.12. The van der Waals surface area contributed by atoms with E-state index in [-0.39, 0.29) is 19.6 Å². The number of amides is 1. The number of rotatable bonds is 3. The number of carboxylic acid groups (broad SMARTS) is 1. The molecule has 2 atom stereocenters. The maximum Gasteiger partial charge on any atom is 0.410 e. The van der Waals surface area contributed by atoms with Gasteiger partial charge >= 0.3 is 18.2 Å². The Morgan fingerprint density at radius 1 is 1.26 bits per heavy atom. The quantitative estimate of drug-likeness (QED) is 0.924. The molecular formula is C15H16F3NO4. The lowest BCUT2D eigenvalue weighted by atomic mass is 9.90. The molecule has 0 radical (unpaired) electrons. The fourth-order valence-electron chi connectivity index (χ4n) is 2.52. The van der Waals surface area contributed by atoms with E-state index in [2.05, 4.69) is 0 Å². The molecule has 0 saturated carbocycles. The molecule has 8 heteroatoms. The Morgan fingerprint density at radius 2 is 1.91 bits per heavy atom. The van der Waals surface area contributed by atoms with E-state index in [0.717, 1.165) is 4.90 Å². The maximum atomic E-state index is 12.7. The number of carboxylic acids is 1. The summed E-state index contributed by atoms with van der Waals surface area (Å²) in [4.78, 5) is 24.1. The van der Waals surface area contributed by atoms with Crippen LogP contribution < -0.4 is 0 Å². The zero-order valence-electron chi connectivity index (χ0n) is 12.1. The van der Waals surface area contributed by atoms with Crippen molar-refractivity contribution in [3.8, 4) is 0 Å². The lowest BCUT2D eigenvalue weighted by Gasteiger charge is -2.36. The van der Waals surface area contributed by atoms with E-state index in [4.69, 9.17) is 9.84 Å². The van der Waals surface area contributed by atoms with Gasteiger partial charge in [-0.3, -0.25) is 4.90 Å². The highest BCUT2D eigenvalue weighted by molar-refractivity contribution is 5.80. The lowest BCUT2D eigenvalue weighted by Crippen LogP contribution is -2.52. The Morgan fingerprint density at radius 3 is 2.48 bits per heavy atom. The van der Waals surface area contributed by atoms with Crippen molar-refractivity contribution in [2.45, 2.75) is 31.7 Å². The first-order valence-corrected chi connectivity index (χ1v) is 7.06. The molecule has 2 rings (SSSR count). The van der Waals surface area contributed by atoms with Gasteiger partial charge in [-0.15, -0.1) is 0 Å². The van der Waals surface area contributed by atoms with Crippen LogP contribution in [0.2, 0.25) is 0 Å². The molecule has 126 valence electrons. The standard InChI is InChI=1S/C15H16F3NO4/c16-15(17,18)11-6-7-19(12(8-11)13(20)21)14(22)23-9-10-4-2-1-3-5-10/h1-5,11-12H,6-9H2,(H,20,21)/t11-,12+/m0/s1. The van der Waals surface area contributed by atoms with Crippen LogP contribution in [0.3, 0.4) is 0 Å². The van der Waals surface area contributed by atoms with E-state index in [1.54, 1.807) is 30.3 Å². The molecule has 23 heavy (non-hydrogen) atoms. The van der Waals surface area contributed by atoms with Crippen LogP contribution in [0.4, 0.5) is 18.0 Å². The number of likely N-dealkylation sites (tertiary alicyclic amines) is 1. The van der Waals surface area contributed by atoms with Crippen LogP contribution in [0.1, 0.15) is 18.4 Å². The molecule has 1 aromatic rings. The molecule has 0 bridgehead atoms. The summed E-state index contributed by atoms with van der Waals surface area (Å²) >= 11 is 0. The average Bonchev–Trinajstić information content (AvgIpc) is 2.52. The molecule has 1 N–H and O–H groups in total. The number of nitrogens with zero attached hydrogens (tertiary/aromatic N) is 1. The minimum absolute atomic E-state index is 0.0643. The van der Waals surface area contributed by atoms with Crippen LogP contribution in [-0.2, 0) is 16.1 Å². The monoisotopic (exact) mass is 331 g/mol. The SMILES string of the molecule is O=C(O)[C@H]1C[C@@H](C(F)(F)F)CCN1C(=O)OCc1ccccc1. The van der Waals surface area contributed by atoms with Gasteiger partial charge in [0.15, 0.2) is 0 Å². The zero-order chi connectivity index (χ0) is 17.0. The number of carbonyl (C=O) groups excluding carboxylic acids is 1. The van der Waals surface area contributed by atoms with E-state index in [1.807, 2.05) is 0 Å². The smallest absolute Gasteiger partial charge is 0.410 e. The van der Waals surface area contributed by atoms with E-state index in [1.165, 1.54) is 0 Å². The molecule has 1 aliphatic rings. The van der Waals surface area contributed by atoms with Crippen LogP contribution >= 0.6 is 0 Å². The van der Waals surface area contributed by atoms with Gasteiger partial charge in [0.05, 0.1) is 5.92 Å². The number of hydrogen-bond acceptors (Lipinski definition) is 3. The second kappa shape index (κ2) is 6.89. The largest absolute Gasteiger partial charge is 0.480 e. The molecule has 0 unspecified atom stereocenters. The summed E-state index contributed by atoms with van der Waals surface area (Å²) in [5.41, 5.74) is 0.706. The van der Waals surface area contributed by atoms with Crippen LogP contribution in [-0.4, -0.2) is 40.8 Å². The van der Waals surface area contributed by atoms with Gasteiger partial charge in [-0.1, -0.05) is 30.3 Å².